The molecule has 1 aliphatic heterocycles. The van der Waals surface area contributed by atoms with Crippen LogP contribution < -0.4 is 15.0 Å². The van der Waals surface area contributed by atoms with E-state index in [0.29, 0.717) is 26.0 Å². The predicted octanol–water partition coefficient (Wildman–Crippen LogP) is 3.94. The standard InChI is InChI=1S/C25H29N3O3/c1-19-18-28(13-15-30-19)24-12-11-20(16-26-24)17-27-25(29)10-5-14-31-23-9-4-7-21-6-2-3-8-22(21)23/h2-4,6-9,11-12,16,19H,5,10,13-15,17-18H2,1H3,(H,27,29). The normalized spacial score (nSPS) is 16.3. The fourth-order valence-electron chi connectivity index (χ4n) is 3.76. The van der Waals surface area contributed by atoms with Gasteiger partial charge in [0.1, 0.15) is 11.6 Å². The summed E-state index contributed by atoms with van der Waals surface area (Å²) in [6.07, 6.45) is 3.15. The van der Waals surface area contributed by atoms with E-state index in [9.17, 15) is 4.79 Å². The number of nitrogens with zero attached hydrogens (tertiary/aromatic N) is 2. The lowest BCUT2D eigenvalue weighted by atomic mass is 10.1. The highest BCUT2D eigenvalue weighted by molar-refractivity contribution is 5.88. The Hall–Kier alpha value is -3.12. The molecule has 2 heterocycles. The van der Waals surface area contributed by atoms with Gasteiger partial charge in [-0.25, -0.2) is 4.98 Å². The Balaban J connectivity index is 1.18. The molecule has 1 fully saturated rings. The van der Waals surface area contributed by atoms with Crippen LogP contribution in [-0.4, -0.2) is 43.3 Å². The lowest BCUT2D eigenvalue weighted by molar-refractivity contribution is -0.121. The fourth-order valence-corrected chi connectivity index (χ4v) is 3.76. The number of carbonyl (C=O) groups is 1. The van der Waals surface area contributed by atoms with E-state index in [0.717, 1.165) is 47.6 Å². The Bertz CT molecular complexity index is 1000. The van der Waals surface area contributed by atoms with Crippen molar-refractivity contribution in [1.29, 1.82) is 0 Å². The summed E-state index contributed by atoms with van der Waals surface area (Å²) in [6, 6.07) is 18.2. The van der Waals surface area contributed by atoms with Crippen molar-refractivity contribution in [1.82, 2.24) is 10.3 Å². The van der Waals surface area contributed by atoms with Crippen molar-refractivity contribution in [2.75, 3.05) is 31.2 Å². The maximum absolute atomic E-state index is 12.2. The molecule has 1 N–H and O–H groups in total. The smallest absolute Gasteiger partial charge is 0.220 e. The van der Waals surface area contributed by atoms with Crippen LogP contribution in [0.2, 0.25) is 0 Å². The van der Waals surface area contributed by atoms with E-state index in [4.69, 9.17) is 9.47 Å². The number of fused-ring (bicyclic) bond motifs is 1. The van der Waals surface area contributed by atoms with Crippen LogP contribution in [0.4, 0.5) is 5.82 Å². The lowest BCUT2D eigenvalue weighted by Crippen LogP contribution is -2.41. The largest absolute Gasteiger partial charge is 0.493 e. The summed E-state index contributed by atoms with van der Waals surface area (Å²) >= 11 is 0. The van der Waals surface area contributed by atoms with Gasteiger partial charge in [0.05, 0.1) is 19.3 Å². The Kier molecular flexibility index (Phi) is 6.99. The molecule has 1 amide bonds. The molecule has 4 rings (SSSR count). The Morgan fingerprint density at radius 3 is 2.90 bits per heavy atom. The van der Waals surface area contributed by atoms with Gasteiger partial charge >= 0.3 is 0 Å². The molecular formula is C25H29N3O3. The number of morpholine rings is 1. The lowest BCUT2D eigenvalue weighted by Gasteiger charge is -2.32. The van der Waals surface area contributed by atoms with Gasteiger partial charge in [-0.15, -0.1) is 0 Å². The highest BCUT2D eigenvalue weighted by Gasteiger charge is 2.17. The number of carbonyl (C=O) groups excluding carboxylic acids is 1. The number of benzene rings is 2. The van der Waals surface area contributed by atoms with Crippen molar-refractivity contribution in [2.45, 2.75) is 32.4 Å². The van der Waals surface area contributed by atoms with Gasteiger partial charge in [-0.2, -0.15) is 0 Å². The first-order valence-electron chi connectivity index (χ1n) is 10.9. The van der Waals surface area contributed by atoms with Crippen LogP contribution in [0, 0.1) is 0 Å². The molecule has 1 unspecified atom stereocenters. The number of hydrogen-bond donors (Lipinski definition) is 1. The van der Waals surface area contributed by atoms with E-state index < -0.39 is 0 Å². The number of amides is 1. The summed E-state index contributed by atoms with van der Waals surface area (Å²) < 4.78 is 11.5. The molecule has 2 aromatic carbocycles. The van der Waals surface area contributed by atoms with Crippen LogP contribution in [0.1, 0.15) is 25.3 Å². The summed E-state index contributed by atoms with van der Waals surface area (Å²) in [6.45, 7) is 5.50. The molecule has 0 saturated carbocycles. The highest BCUT2D eigenvalue weighted by atomic mass is 16.5. The summed E-state index contributed by atoms with van der Waals surface area (Å²) in [4.78, 5) is 19.0. The molecule has 0 aliphatic carbocycles. The average molecular weight is 420 g/mol. The first-order chi connectivity index (χ1) is 15.2. The van der Waals surface area contributed by atoms with Crippen molar-refractivity contribution < 1.29 is 14.3 Å². The quantitative estimate of drug-likeness (QED) is 0.561. The Morgan fingerprint density at radius 1 is 1.19 bits per heavy atom. The van der Waals surface area contributed by atoms with E-state index in [2.05, 4.69) is 40.3 Å². The summed E-state index contributed by atoms with van der Waals surface area (Å²) in [5.41, 5.74) is 0.991. The van der Waals surface area contributed by atoms with E-state index in [-0.39, 0.29) is 12.0 Å². The first kappa shape index (κ1) is 21.1. The van der Waals surface area contributed by atoms with Crippen molar-refractivity contribution in [3.05, 3.63) is 66.4 Å². The number of anilines is 1. The highest BCUT2D eigenvalue weighted by Crippen LogP contribution is 2.25. The van der Waals surface area contributed by atoms with E-state index in [1.54, 1.807) is 0 Å². The maximum atomic E-state index is 12.2. The zero-order valence-electron chi connectivity index (χ0n) is 17.9. The topological polar surface area (TPSA) is 63.7 Å². The molecule has 6 heteroatoms. The van der Waals surface area contributed by atoms with E-state index in [1.807, 2.05) is 42.6 Å². The van der Waals surface area contributed by atoms with Crippen molar-refractivity contribution in [2.24, 2.45) is 0 Å². The first-order valence-corrected chi connectivity index (χ1v) is 10.9. The van der Waals surface area contributed by atoms with Crippen LogP contribution in [0.25, 0.3) is 10.8 Å². The minimum Gasteiger partial charge on any atom is -0.493 e. The molecule has 0 spiro atoms. The van der Waals surface area contributed by atoms with Gasteiger partial charge in [0.25, 0.3) is 0 Å². The zero-order valence-corrected chi connectivity index (χ0v) is 17.9. The second-order valence-electron chi connectivity index (χ2n) is 7.86. The summed E-state index contributed by atoms with van der Waals surface area (Å²) in [5, 5.41) is 5.21. The minimum absolute atomic E-state index is 0.0209. The predicted molar refractivity (Wildman–Crippen MR) is 122 cm³/mol. The molecule has 1 aromatic heterocycles. The van der Waals surface area contributed by atoms with Crippen LogP contribution in [0.3, 0.4) is 0 Å². The second kappa shape index (κ2) is 10.3. The molecule has 0 bridgehead atoms. The summed E-state index contributed by atoms with van der Waals surface area (Å²) in [7, 11) is 0. The maximum Gasteiger partial charge on any atom is 0.220 e. The number of nitrogens with one attached hydrogen (secondary N) is 1. The second-order valence-corrected chi connectivity index (χ2v) is 7.86. The number of ether oxygens (including phenoxy) is 2. The van der Waals surface area contributed by atoms with Gasteiger partial charge in [-0.3, -0.25) is 4.79 Å². The average Bonchev–Trinajstić information content (AvgIpc) is 2.81. The third-order valence-corrected chi connectivity index (χ3v) is 5.42. The fraction of sp³-hybridized carbons (Fsp3) is 0.360. The van der Waals surface area contributed by atoms with E-state index >= 15 is 0 Å². The number of aromatic nitrogens is 1. The number of hydrogen-bond acceptors (Lipinski definition) is 5. The molecule has 1 aliphatic rings. The molecule has 31 heavy (non-hydrogen) atoms. The SMILES string of the molecule is CC1CN(c2ccc(CNC(=O)CCCOc3cccc4ccccc34)cn2)CCO1. The van der Waals surface area contributed by atoms with Crippen LogP contribution >= 0.6 is 0 Å². The van der Waals surface area contributed by atoms with Crippen molar-refractivity contribution in [3.8, 4) is 5.75 Å². The minimum atomic E-state index is 0.0209. The van der Waals surface area contributed by atoms with Crippen LogP contribution in [0.5, 0.6) is 5.75 Å². The van der Waals surface area contributed by atoms with Gasteiger partial charge in [0.15, 0.2) is 0 Å². The Morgan fingerprint density at radius 2 is 2.06 bits per heavy atom. The van der Waals surface area contributed by atoms with E-state index in [1.165, 1.54) is 0 Å². The van der Waals surface area contributed by atoms with Gasteiger partial charge in [-0.05, 0) is 36.4 Å². The number of pyridine rings is 1. The van der Waals surface area contributed by atoms with Crippen LogP contribution in [0.15, 0.2) is 60.8 Å². The molecular weight excluding hydrogens is 390 g/mol. The van der Waals surface area contributed by atoms with Gasteiger partial charge in [0, 0.05) is 37.6 Å². The van der Waals surface area contributed by atoms with Gasteiger partial charge in [0.2, 0.25) is 5.91 Å². The molecule has 3 aromatic rings. The molecule has 0 radical (unpaired) electrons. The van der Waals surface area contributed by atoms with Crippen molar-refractivity contribution >= 4 is 22.5 Å². The third-order valence-electron chi connectivity index (χ3n) is 5.42. The number of rotatable bonds is 8. The molecule has 6 nitrogen and oxygen atoms in total. The summed E-state index contributed by atoms with van der Waals surface area (Å²) in [5.74, 6) is 1.84. The molecule has 162 valence electrons. The third kappa shape index (κ3) is 5.73. The van der Waals surface area contributed by atoms with Crippen LogP contribution in [-0.2, 0) is 16.1 Å². The Labute approximate surface area is 183 Å². The van der Waals surface area contributed by atoms with Gasteiger partial charge in [-0.1, -0.05) is 42.5 Å². The molecule has 1 saturated heterocycles. The van der Waals surface area contributed by atoms with Gasteiger partial charge < -0.3 is 19.7 Å². The monoisotopic (exact) mass is 419 g/mol. The molecule has 1 atom stereocenters. The van der Waals surface area contributed by atoms with Crippen molar-refractivity contribution in [3.63, 3.8) is 0 Å². The zero-order chi connectivity index (χ0) is 21.5.